The molecule has 0 bridgehead atoms. The summed E-state index contributed by atoms with van der Waals surface area (Å²) < 4.78 is 0. The average molecular weight is 742 g/mol. The molecule has 288 valence electrons. The number of amidine groups is 1. The van der Waals surface area contributed by atoms with Gasteiger partial charge in [0.1, 0.15) is 23.9 Å². The summed E-state index contributed by atoms with van der Waals surface area (Å²) in [6, 6.07) is 16.4. The first-order chi connectivity index (χ1) is 25.8. The van der Waals surface area contributed by atoms with Crippen LogP contribution in [0.3, 0.4) is 0 Å². The van der Waals surface area contributed by atoms with Crippen molar-refractivity contribution in [3.8, 4) is 5.75 Å². The highest BCUT2D eigenvalue weighted by Gasteiger charge is 2.35. The molecule has 0 unspecified atom stereocenters. The number of carbonyl (C=O) groups is 5. The number of fused-ring (bicyclic) bond motifs is 1. The number of phenolic OH excluding ortho intramolecular Hbond substituents is 1. The molecule has 1 fully saturated rings. The molecule has 0 saturated carbocycles. The van der Waals surface area contributed by atoms with Crippen LogP contribution in [0.2, 0.25) is 0 Å². The number of Topliss-reactive ketones (excluding diaryl/α,β-unsaturated/α-hetero) is 1. The minimum atomic E-state index is -1.14. The smallest absolute Gasteiger partial charge is 0.243 e. The van der Waals surface area contributed by atoms with E-state index in [4.69, 9.17) is 22.6 Å². The highest BCUT2D eigenvalue weighted by molar-refractivity contribution is 5.97. The second-order valence-electron chi connectivity index (χ2n) is 13.7. The van der Waals surface area contributed by atoms with Crippen molar-refractivity contribution < 1.29 is 29.1 Å². The van der Waals surface area contributed by atoms with E-state index < -0.39 is 53.5 Å². The number of phenols is 1. The predicted molar refractivity (Wildman–Crippen MR) is 206 cm³/mol. The van der Waals surface area contributed by atoms with Crippen molar-refractivity contribution in [1.82, 2.24) is 20.9 Å². The zero-order valence-corrected chi connectivity index (χ0v) is 30.6. The molecule has 0 aliphatic carbocycles. The molecule has 15 heteroatoms. The zero-order chi connectivity index (χ0) is 39.2. The van der Waals surface area contributed by atoms with Gasteiger partial charge in [0.15, 0.2) is 11.7 Å². The van der Waals surface area contributed by atoms with Gasteiger partial charge in [-0.3, -0.25) is 34.4 Å². The number of aromatic hydroxyl groups is 1. The average Bonchev–Trinajstić information content (AvgIpc) is 3.14. The molecule has 0 aromatic heterocycles. The molecule has 1 saturated heterocycles. The number of hydrogen-bond donors (Lipinski definition) is 8. The van der Waals surface area contributed by atoms with Crippen LogP contribution >= 0.6 is 0 Å². The molecule has 0 radical (unpaired) electrons. The Balaban J connectivity index is 1.70. The quantitative estimate of drug-likeness (QED) is 0.0714. The van der Waals surface area contributed by atoms with E-state index in [0.717, 1.165) is 16.3 Å². The van der Waals surface area contributed by atoms with Crippen molar-refractivity contribution in [1.29, 1.82) is 5.41 Å². The Labute approximate surface area is 314 Å². The summed E-state index contributed by atoms with van der Waals surface area (Å²) >= 11 is 0. The van der Waals surface area contributed by atoms with Crippen LogP contribution in [-0.4, -0.2) is 89.5 Å². The number of ketones is 1. The normalized spacial score (nSPS) is 20.3. The van der Waals surface area contributed by atoms with Crippen LogP contribution in [0.1, 0.15) is 56.1 Å². The molecule has 54 heavy (non-hydrogen) atoms. The lowest BCUT2D eigenvalue weighted by atomic mass is 9.91. The number of rotatable bonds is 13. The number of likely N-dealkylation sites (N-methyl/N-ethyl adjacent to an activating group) is 1. The fourth-order valence-corrected chi connectivity index (χ4v) is 6.54. The van der Waals surface area contributed by atoms with Crippen molar-refractivity contribution in [2.45, 2.75) is 75.9 Å². The maximum atomic E-state index is 14.2. The van der Waals surface area contributed by atoms with Crippen LogP contribution in [0.4, 0.5) is 0 Å². The van der Waals surface area contributed by atoms with E-state index >= 15 is 0 Å². The summed E-state index contributed by atoms with van der Waals surface area (Å²) in [5, 5.41) is 27.7. The fourth-order valence-electron chi connectivity index (χ4n) is 6.54. The molecule has 11 N–H and O–H groups in total. The number of unbranched alkanes of at least 4 members (excludes halogenated alkanes) is 1. The third kappa shape index (κ3) is 12.3. The van der Waals surface area contributed by atoms with E-state index in [-0.39, 0.29) is 62.7 Å². The number of hydrogen-bond acceptors (Lipinski definition) is 8. The number of aliphatic imine (C=N–C) groups is 1. The Bertz CT molecular complexity index is 1840. The lowest BCUT2D eigenvalue weighted by Gasteiger charge is -2.32. The molecule has 1 aliphatic heterocycles. The number of nitrogens with zero attached hydrogens (tertiary/aromatic N) is 2. The van der Waals surface area contributed by atoms with E-state index in [1.54, 1.807) is 12.1 Å². The lowest BCUT2D eigenvalue weighted by molar-refractivity contribution is -0.144. The van der Waals surface area contributed by atoms with Crippen molar-refractivity contribution in [3.63, 3.8) is 0 Å². The Kier molecular flexibility index (Phi) is 14.9. The van der Waals surface area contributed by atoms with Gasteiger partial charge in [0, 0.05) is 38.8 Å². The minimum Gasteiger partial charge on any atom is -0.508 e. The van der Waals surface area contributed by atoms with Gasteiger partial charge in [0.2, 0.25) is 23.6 Å². The first-order valence-electron chi connectivity index (χ1n) is 18.1. The van der Waals surface area contributed by atoms with Crippen molar-refractivity contribution in [2.24, 2.45) is 28.1 Å². The third-order valence-electron chi connectivity index (χ3n) is 9.46. The number of guanidine groups is 1. The van der Waals surface area contributed by atoms with E-state index in [0.29, 0.717) is 31.2 Å². The maximum absolute atomic E-state index is 14.2. The molecule has 4 amide bonds. The Morgan fingerprint density at radius 3 is 2.20 bits per heavy atom. The van der Waals surface area contributed by atoms with E-state index in [9.17, 15) is 29.1 Å². The Morgan fingerprint density at radius 2 is 1.50 bits per heavy atom. The van der Waals surface area contributed by atoms with Crippen LogP contribution in [-0.2, 0) is 36.8 Å². The van der Waals surface area contributed by atoms with Crippen LogP contribution < -0.4 is 33.2 Å². The molecular formula is C39H51N9O6. The molecular weight excluding hydrogens is 690 g/mol. The monoisotopic (exact) mass is 741 g/mol. The van der Waals surface area contributed by atoms with Gasteiger partial charge >= 0.3 is 0 Å². The summed E-state index contributed by atoms with van der Waals surface area (Å²) in [7, 11) is 1.49. The largest absolute Gasteiger partial charge is 0.508 e. The molecule has 3 aromatic carbocycles. The maximum Gasteiger partial charge on any atom is 0.243 e. The number of nitrogens with one attached hydrogen (secondary N) is 4. The van der Waals surface area contributed by atoms with Crippen LogP contribution in [0.25, 0.3) is 10.8 Å². The summed E-state index contributed by atoms with van der Waals surface area (Å²) in [5.41, 5.74) is 18.0. The standard InChI is InChI=1S/C39H51N9O6/c1-48-33(10-4-5-11-34(40)41)37(53)46-31(9-6-18-44-39(42)43)36(52)47-32(21-25-12-15-26-7-2-3-8-27(26)20-25)35(51)45-23-30(50)22-28(38(48)54)19-24-13-16-29(49)17-14-24/h2-3,7-8,12-17,20,28,31-33,49H,4-6,9-11,18-19,21-23H2,1H3,(H3,40,41)(H,45,51)(H,46,53)(H,47,52)(H4,42,43,44)/t28-,31-,32-,33-/m0/s1. The molecule has 1 aliphatic rings. The van der Waals surface area contributed by atoms with Gasteiger partial charge in [-0.1, -0.05) is 61.0 Å². The van der Waals surface area contributed by atoms with Gasteiger partial charge in [-0.05, 0) is 66.1 Å². The van der Waals surface area contributed by atoms with Gasteiger partial charge in [-0.15, -0.1) is 0 Å². The molecule has 3 aromatic rings. The summed E-state index contributed by atoms with van der Waals surface area (Å²) in [5.74, 6) is -3.73. The van der Waals surface area contributed by atoms with Crippen molar-refractivity contribution in [3.05, 3.63) is 77.9 Å². The minimum absolute atomic E-state index is 0.00246. The lowest BCUT2D eigenvalue weighted by Crippen LogP contribution is -2.57. The van der Waals surface area contributed by atoms with Gasteiger partial charge in [-0.25, -0.2) is 0 Å². The van der Waals surface area contributed by atoms with Crippen molar-refractivity contribution in [2.75, 3.05) is 20.1 Å². The molecule has 4 rings (SSSR count). The summed E-state index contributed by atoms with van der Waals surface area (Å²) in [6.07, 6.45) is 1.81. The molecule has 0 spiro atoms. The fraction of sp³-hybridized carbons (Fsp3) is 0.410. The zero-order valence-electron chi connectivity index (χ0n) is 30.6. The van der Waals surface area contributed by atoms with E-state index in [1.807, 2.05) is 42.5 Å². The Hall–Kier alpha value is -5.99. The van der Waals surface area contributed by atoms with Crippen LogP contribution in [0, 0.1) is 11.3 Å². The number of benzene rings is 3. The van der Waals surface area contributed by atoms with Crippen LogP contribution in [0.5, 0.6) is 5.75 Å². The Morgan fingerprint density at radius 1 is 0.815 bits per heavy atom. The molecule has 1 heterocycles. The number of amides is 4. The second kappa shape index (κ2) is 19.7. The van der Waals surface area contributed by atoms with Crippen molar-refractivity contribution >= 4 is 52.0 Å². The van der Waals surface area contributed by atoms with Gasteiger partial charge in [-0.2, -0.15) is 0 Å². The third-order valence-corrected chi connectivity index (χ3v) is 9.46. The molecule has 4 atom stereocenters. The second-order valence-corrected chi connectivity index (χ2v) is 13.7. The predicted octanol–water partition coefficient (Wildman–Crippen LogP) is 1.38. The van der Waals surface area contributed by atoms with E-state index in [2.05, 4.69) is 20.9 Å². The topological polar surface area (TPSA) is 259 Å². The van der Waals surface area contributed by atoms with Gasteiger partial charge in [0.05, 0.1) is 12.4 Å². The van der Waals surface area contributed by atoms with E-state index in [1.165, 1.54) is 24.1 Å². The first kappa shape index (κ1) is 40.8. The highest BCUT2D eigenvalue weighted by atomic mass is 16.3. The number of carbonyl (C=O) groups excluding carboxylic acids is 5. The van der Waals surface area contributed by atoms with Gasteiger partial charge < -0.3 is 43.2 Å². The SMILES string of the molecule is CN1C(=O)[C@@H](Cc2ccc(O)cc2)CC(=O)CNC(=O)[C@H](Cc2ccc3ccccc3c2)NC(=O)[C@H](CCCN=C(N)N)NC(=O)[C@@H]1CCCCC(=N)N. The van der Waals surface area contributed by atoms with Crippen LogP contribution in [0.15, 0.2) is 71.7 Å². The summed E-state index contributed by atoms with van der Waals surface area (Å²) in [6.45, 7) is -0.212. The first-order valence-corrected chi connectivity index (χ1v) is 18.1. The highest BCUT2D eigenvalue weighted by Crippen LogP contribution is 2.22. The van der Waals surface area contributed by atoms with Gasteiger partial charge in [0.25, 0.3) is 0 Å². The molecule has 15 nitrogen and oxygen atoms in total. The summed E-state index contributed by atoms with van der Waals surface area (Å²) in [4.78, 5) is 74.9. The number of nitrogens with two attached hydrogens (primary N) is 3.